The van der Waals surface area contributed by atoms with Gasteiger partial charge < -0.3 is 19.0 Å². The summed E-state index contributed by atoms with van der Waals surface area (Å²) >= 11 is 0. The lowest BCUT2D eigenvalue weighted by Crippen LogP contribution is -2.43. The Kier molecular flexibility index (Phi) is 11.6. The molecule has 1 heterocycles. The normalized spacial score (nSPS) is 11.0. The average Bonchev–Trinajstić information content (AvgIpc) is 2.92. The van der Waals surface area contributed by atoms with Gasteiger partial charge in [-0.15, -0.1) is 0 Å². The van der Waals surface area contributed by atoms with E-state index in [1.165, 1.54) is 6.26 Å². The Morgan fingerprint density at radius 1 is 0.921 bits per heavy atom. The molecule has 7 nitrogen and oxygen atoms in total. The Labute approximate surface area is 225 Å². The third kappa shape index (κ3) is 8.55. The van der Waals surface area contributed by atoms with Crippen molar-refractivity contribution >= 4 is 22.8 Å². The second kappa shape index (κ2) is 15.1. The Hall–Kier alpha value is -3.45. The van der Waals surface area contributed by atoms with Gasteiger partial charge in [-0.2, -0.15) is 0 Å². The van der Waals surface area contributed by atoms with Crippen molar-refractivity contribution in [3.8, 4) is 0 Å². The van der Waals surface area contributed by atoms with E-state index in [9.17, 15) is 14.4 Å². The lowest BCUT2D eigenvalue weighted by molar-refractivity contribution is -0.141. The van der Waals surface area contributed by atoms with Crippen LogP contribution in [-0.2, 0) is 27.4 Å². The van der Waals surface area contributed by atoms with Crippen LogP contribution in [0.5, 0.6) is 0 Å². The van der Waals surface area contributed by atoms with Gasteiger partial charge in [0.25, 0.3) is 0 Å². The number of carbonyl (C=O) groups is 2. The molecular weight excluding hydrogens is 480 g/mol. The van der Waals surface area contributed by atoms with E-state index in [0.717, 1.165) is 36.8 Å². The van der Waals surface area contributed by atoms with Gasteiger partial charge in [0.05, 0.1) is 30.3 Å². The molecule has 7 heteroatoms. The molecule has 0 aliphatic rings. The van der Waals surface area contributed by atoms with Crippen molar-refractivity contribution in [3.05, 3.63) is 81.7 Å². The maximum Gasteiger partial charge on any atom is 0.242 e. The molecule has 0 spiro atoms. The molecule has 0 N–H and O–H groups in total. The highest BCUT2D eigenvalue weighted by Gasteiger charge is 2.23. The maximum atomic E-state index is 13.7. The van der Waals surface area contributed by atoms with E-state index in [0.29, 0.717) is 49.1 Å². The SMILES string of the molecule is CCCCCCC(=O)N(CCCOC)CC(=O)N(Cc1ccccc1)Cc1coc2ccc(C)cc2c1=O. The van der Waals surface area contributed by atoms with E-state index < -0.39 is 0 Å². The minimum absolute atomic E-state index is 0.0223. The predicted molar refractivity (Wildman–Crippen MR) is 150 cm³/mol. The lowest BCUT2D eigenvalue weighted by Gasteiger charge is -2.28. The number of unbranched alkanes of at least 4 members (excludes halogenated alkanes) is 3. The highest BCUT2D eigenvalue weighted by molar-refractivity contribution is 5.85. The molecule has 0 atom stereocenters. The second-order valence-electron chi connectivity index (χ2n) is 9.80. The summed E-state index contributed by atoms with van der Waals surface area (Å²) in [6, 6.07) is 15.1. The molecule has 0 radical (unpaired) electrons. The van der Waals surface area contributed by atoms with Crippen molar-refractivity contribution in [2.75, 3.05) is 26.8 Å². The van der Waals surface area contributed by atoms with Gasteiger partial charge >= 0.3 is 0 Å². The van der Waals surface area contributed by atoms with E-state index in [2.05, 4.69) is 6.92 Å². The molecule has 1 aromatic heterocycles. The molecule has 0 saturated carbocycles. The zero-order valence-corrected chi connectivity index (χ0v) is 22.9. The van der Waals surface area contributed by atoms with Gasteiger partial charge in [0, 0.05) is 33.2 Å². The summed E-state index contributed by atoms with van der Waals surface area (Å²) in [5, 5.41) is 0.498. The van der Waals surface area contributed by atoms with Crippen LogP contribution < -0.4 is 5.43 Å². The highest BCUT2D eigenvalue weighted by atomic mass is 16.5. The van der Waals surface area contributed by atoms with Crippen LogP contribution in [0, 0.1) is 6.92 Å². The average molecular weight is 521 g/mol. The first-order chi connectivity index (χ1) is 18.4. The number of ether oxygens (including phenoxy) is 1. The lowest BCUT2D eigenvalue weighted by atomic mass is 10.1. The Bertz CT molecular complexity index is 1240. The number of nitrogens with zero attached hydrogens (tertiary/aromatic N) is 2. The van der Waals surface area contributed by atoms with Gasteiger partial charge in [-0.05, 0) is 37.5 Å². The second-order valence-corrected chi connectivity index (χ2v) is 9.80. The molecule has 38 heavy (non-hydrogen) atoms. The number of fused-ring (bicyclic) bond motifs is 1. The van der Waals surface area contributed by atoms with Gasteiger partial charge in [0.15, 0.2) is 5.43 Å². The van der Waals surface area contributed by atoms with E-state index in [1.54, 1.807) is 23.0 Å². The molecular formula is C31H40N2O5. The zero-order chi connectivity index (χ0) is 27.3. The zero-order valence-electron chi connectivity index (χ0n) is 22.9. The summed E-state index contributed by atoms with van der Waals surface area (Å²) in [4.78, 5) is 43.3. The summed E-state index contributed by atoms with van der Waals surface area (Å²) in [5.41, 5.74) is 2.68. The van der Waals surface area contributed by atoms with Gasteiger partial charge in [-0.3, -0.25) is 14.4 Å². The van der Waals surface area contributed by atoms with Crippen LogP contribution in [-0.4, -0.2) is 48.4 Å². The molecule has 2 amide bonds. The van der Waals surface area contributed by atoms with Crippen LogP contribution in [0.1, 0.15) is 62.1 Å². The fraction of sp³-hybridized carbons (Fsp3) is 0.452. The first-order valence-corrected chi connectivity index (χ1v) is 13.5. The molecule has 0 aliphatic carbocycles. The molecule has 0 fully saturated rings. The molecule has 0 unspecified atom stereocenters. The van der Waals surface area contributed by atoms with Gasteiger partial charge in [-0.25, -0.2) is 0 Å². The van der Waals surface area contributed by atoms with Crippen LogP contribution in [0.3, 0.4) is 0 Å². The van der Waals surface area contributed by atoms with Gasteiger partial charge in [0.1, 0.15) is 5.58 Å². The van der Waals surface area contributed by atoms with Crippen LogP contribution in [0.4, 0.5) is 0 Å². The number of carbonyl (C=O) groups excluding carboxylic acids is 2. The number of rotatable bonds is 15. The minimum atomic E-state index is -0.211. The van der Waals surface area contributed by atoms with Gasteiger partial charge in [-0.1, -0.05) is 68.1 Å². The fourth-order valence-electron chi connectivity index (χ4n) is 4.45. The summed E-state index contributed by atoms with van der Waals surface area (Å²) in [7, 11) is 1.63. The molecule has 204 valence electrons. The number of methoxy groups -OCH3 is 1. The van der Waals surface area contributed by atoms with Crippen molar-refractivity contribution in [1.82, 2.24) is 9.80 Å². The fourth-order valence-corrected chi connectivity index (χ4v) is 4.45. The van der Waals surface area contributed by atoms with Crippen molar-refractivity contribution in [3.63, 3.8) is 0 Å². The molecule has 0 aliphatic heterocycles. The van der Waals surface area contributed by atoms with E-state index in [1.807, 2.05) is 49.4 Å². The monoisotopic (exact) mass is 520 g/mol. The molecule has 2 aromatic carbocycles. The summed E-state index contributed by atoms with van der Waals surface area (Å²) < 4.78 is 10.9. The summed E-state index contributed by atoms with van der Waals surface area (Å²) in [6.07, 6.45) is 6.52. The molecule has 0 saturated heterocycles. The molecule has 3 rings (SSSR count). The maximum absolute atomic E-state index is 13.7. The number of hydrogen-bond acceptors (Lipinski definition) is 5. The topological polar surface area (TPSA) is 80.1 Å². The summed E-state index contributed by atoms with van der Waals surface area (Å²) in [6.45, 7) is 5.39. The smallest absolute Gasteiger partial charge is 0.242 e. The van der Waals surface area contributed by atoms with Crippen molar-refractivity contribution in [2.45, 2.75) is 65.5 Å². The quantitative estimate of drug-likeness (QED) is 0.249. The minimum Gasteiger partial charge on any atom is -0.464 e. The third-order valence-corrected chi connectivity index (χ3v) is 6.63. The number of benzene rings is 2. The molecule has 0 bridgehead atoms. The first-order valence-electron chi connectivity index (χ1n) is 13.5. The highest BCUT2D eigenvalue weighted by Crippen LogP contribution is 2.16. The van der Waals surface area contributed by atoms with Crippen LogP contribution in [0.2, 0.25) is 0 Å². The van der Waals surface area contributed by atoms with Crippen LogP contribution >= 0.6 is 0 Å². The number of aryl methyl sites for hydroxylation is 1. The predicted octanol–water partition coefficient (Wildman–Crippen LogP) is 5.47. The van der Waals surface area contributed by atoms with Crippen molar-refractivity contribution in [1.29, 1.82) is 0 Å². The third-order valence-electron chi connectivity index (χ3n) is 6.63. The largest absolute Gasteiger partial charge is 0.464 e. The van der Waals surface area contributed by atoms with Crippen LogP contribution in [0.15, 0.2) is 64.0 Å². The van der Waals surface area contributed by atoms with Crippen molar-refractivity contribution < 1.29 is 18.7 Å². The Morgan fingerprint density at radius 3 is 2.45 bits per heavy atom. The first kappa shape index (κ1) is 29.1. The molecule has 3 aromatic rings. The van der Waals surface area contributed by atoms with Crippen LogP contribution in [0.25, 0.3) is 11.0 Å². The van der Waals surface area contributed by atoms with Gasteiger partial charge in [0.2, 0.25) is 11.8 Å². The van der Waals surface area contributed by atoms with E-state index >= 15 is 0 Å². The Morgan fingerprint density at radius 2 is 1.71 bits per heavy atom. The number of amides is 2. The Balaban J connectivity index is 1.83. The van der Waals surface area contributed by atoms with E-state index in [4.69, 9.17) is 9.15 Å². The van der Waals surface area contributed by atoms with Crippen molar-refractivity contribution in [2.24, 2.45) is 0 Å². The van der Waals surface area contributed by atoms with E-state index in [-0.39, 0.29) is 30.3 Å². The standard InChI is InChI=1S/C31H40N2O5/c1-4-5-6-10-14-29(34)32(17-11-18-37-3)22-30(35)33(20-25-12-8-7-9-13-25)21-26-23-38-28-16-15-24(2)19-27(28)31(26)36/h7-9,12-13,15-16,19,23H,4-6,10-11,14,17-18,20-22H2,1-3H3. The number of hydrogen-bond donors (Lipinski definition) is 0. The summed E-state index contributed by atoms with van der Waals surface area (Å²) in [5.74, 6) is -0.233.